The lowest BCUT2D eigenvalue weighted by Crippen LogP contribution is -1.88. The second-order valence-electron chi connectivity index (χ2n) is 3.06. The zero-order valence-electron chi connectivity index (χ0n) is 7.66. The van der Waals surface area contributed by atoms with E-state index >= 15 is 0 Å². The molecule has 6 nitrogen and oxygen atoms in total. The summed E-state index contributed by atoms with van der Waals surface area (Å²) in [7, 11) is 0. The quantitative estimate of drug-likeness (QED) is 0.634. The molecule has 0 aliphatic carbocycles. The van der Waals surface area contributed by atoms with E-state index in [4.69, 9.17) is 10.3 Å². The lowest BCUT2D eigenvalue weighted by Gasteiger charge is -1.94. The molecule has 0 spiro atoms. The van der Waals surface area contributed by atoms with E-state index in [2.05, 4.69) is 15.1 Å². The first-order valence-corrected chi connectivity index (χ1v) is 4.34. The Balaban J connectivity index is 2.27. The van der Waals surface area contributed by atoms with E-state index in [1.807, 2.05) is 10.6 Å². The molecular weight excluding hydrogens is 194 g/mol. The van der Waals surface area contributed by atoms with Gasteiger partial charge in [0, 0.05) is 18.5 Å². The molecule has 6 heteroatoms. The molecule has 0 amide bonds. The Bertz CT molecular complexity index is 612. The molecule has 2 N–H and O–H groups in total. The summed E-state index contributed by atoms with van der Waals surface area (Å²) in [5.74, 6) is 0.286. The Labute approximate surface area is 84.4 Å². The molecule has 0 aliphatic rings. The van der Waals surface area contributed by atoms with Gasteiger partial charge in [-0.25, -0.2) is 4.98 Å². The molecule has 74 valence electrons. The minimum absolute atomic E-state index is 0.286. The van der Waals surface area contributed by atoms with Crippen LogP contribution in [0.5, 0.6) is 0 Å². The Morgan fingerprint density at radius 3 is 3.07 bits per heavy atom. The van der Waals surface area contributed by atoms with Crippen molar-refractivity contribution in [3.63, 3.8) is 0 Å². The van der Waals surface area contributed by atoms with Crippen LogP contribution < -0.4 is 5.73 Å². The summed E-state index contributed by atoms with van der Waals surface area (Å²) in [6.45, 7) is 0. The molecule has 15 heavy (non-hydrogen) atoms. The van der Waals surface area contributed by atoms with Gasteiger partial charge in [-0.3, -0.25) is 9.38 Å². The summed E-state index contributed by atoms with van der Waals surface area (Å²) < 4.78 is 6.67. The van der Waals surface area contributed by atoms with Gasteiger partial charge in [0.25, 0.3) is 0 Å². The number of rotatable bonds is 1. The average molecular weight is 201 g/mol. The third kappa shape index (κ3) is 1.15. The fourth-order valence-corrected chi connectivity index (χ4v) is 1.44. The van der Waals surface area contributed by atoms with Gasteiger partial charge in [-0.15, -0.1) is 0 Å². The van der Waals surface area contributed by atoms with Crippen LogP contribution in [-0.4, -0.2) is 19.5 Å². The third-order valence-corrected chi connectivity index (χ3v) is 2.11. The standard InChI is InChI=1S/C9H7N5O/c10-8-3-6(13-15-8)7-4-12-9-5-11-1-2-14(7)9/h1-5H,10H2. The number of hydrogen-bond acceptors (Lipinski definition) is 5. The summed E-state index contributed by atoms with van der Waals surface area (Å²) >= 11 is 0. The molecule has 0 atom stereocenters. The normalized spacial score (nSPS) is 10.9. The van der Waals surface area contributed by atoms with Crippen molar-refractivity contribution in [1.82, 2.24) is 19.5 Å². The largest absolute Gasteiger partial charge is 0.368 e. The fraction of sp³-hybridized carbons (Fsp3) is 0. The van der Waals surface area contributed by atoms with E-state index in [0.717, 1.165) is 11.3 Å². The number of aromatic nitrogens is 4. The van der Waals surface area contributed by atoms with Crippen LogP contribution in [0, 0.1) is 0 Å². The van der Waals surface area contributed by atoms with Gasteiger partial charge in [0.1, 0.15) is 5.69 Å². The molecule has 0 radical (unpaired) electrons. The van der Waals surface area contributed by atoms with E-state index in [1.54, 1.807) is 24.7 Å². The minimum Gasteiger partial charge on any atom is -0.368 e. The molecule has 3 aromatic rings. The maximum absolute atomic E-state index is 5.46. The minimum atomic E-state index is 0.286. The second kappa shape index (κ2) is 2.81. The first-order valence-electron chi connectivity index (χ1n) is 4.34. The van der Waals surface area contributed by atoms with Gasteiger partial charge < -0.3 is 10.3 Å². The molecule has 3 heterocycles. The van der Waals surface area contributed by atoms with Crippen molar-refractivity contribution in [3.05, 3.63) is 30.9 Å². The number of imidazole rings is 1. The van der Waals surface area contributed by atoms with Crippen molar-refractivity contribution in [3.8, 4) is 11.4 Å². The van der Waals surface area contributed by atoms with Crippen molar-refractivity contribution in [2.75, 3.05) is 5.73 Å². The van der Waals surface area contributed by atoms with E-state index in [1.165, 1.54) is 0 Å². The summed E-state index contributed by atoms with van der Waals surface area (Å²) in [6.07, 6.45) is 6.87. The Kier molecular flexibility index (Phi) is 1.49. The van der Waals surface area contributed by atoms with Crippen molar-refractivity contribution in [2.45, 2.75) is 0 Å². The smallest absolute Gasteiger partial charge is 0.222 e. The third-order valence-electron chi connectivity index (χ3n) is 2.11. The predicted molar refractivity (Wildman–Crippen MR) is 52.9 cm³/mol. The highest BCUT2D eigenvalue weighted by atomic mass is 16.5. The van der Waals surface area contributed by atoms with Crippen LogP contribution in [-0.2, 0) is 0 Å². The molecule has 0 aromatic carbocycles. The van der Waals surface area contributed by atoms with Crippen LogP contribution >= 0.6 is 0 Å². The topological polar surface area (TPSA) is 82.2 Å². The van der Waals surface area contributed by atoms with Crippen LogP contribution in [0.4, 0.5) is 5.88 Å². The number of nitrogens with zero attached hydrogens (tertiary/aromatic N) is 4. The van der Waals surface area contributed by atoms with Gasteiger partial charge >= 0.3 is 0 Å². The van der Waals surface area contributed by atoms with Gasteiger partial charge in [0.15, 0.2) is 5.65 Å². The van der Waals surface area contributed by atoms with Crippen LogP contribution in [0.3, 0.4) is 0 Å². The van der Waals surface area contributed by atoms with Gasteiger partial charge in [-0.05, 0) is 0 Å². The van der Waals surface area contributed by atoms with Crippen LogP contribution in [0.15, 0.2) is 35.4 Å². The highest BCUT2D eigenvalue weighted by Gasteiger charge is 2.09. The van der Waals surface area contributed by atoms with E-state index in [-0.39, 0.29) is 5.88 Å². The summed E-state index contributed by atoms with van der Waals surface area (Å²) in [5.41, 5.74) is 7.70. The number of nitrogens with two attached hydrogens (primary N) is 1. The Morgan fingerprint density at radius 1 is 1.33 bits per heavy atom. The maximum Gasteiger partial charge on any atom is 0.222 e. The SMILES string of the molecule is Nc1cc(-c2cnc3cnccn23)no1. The summed E-state index contributed by atoms with van der Waals surface area (Å²) in [4.78, 5) is 8.16. The van der Waals surface area contributed by atoms with Crippen molar-refractivity contribution in [2.24, 2.45) is 0 Å². The molecule has 0 fully saturated rings. The molecule has 0 bridgehead atoms. The van der Waals surface area contributed by atoms with Crippen molar-refractivity contribution in [1.29, 1.82) is 0 Å². The molecule has 0 unspecified atom stereocenters. The van der Waals surface area contributed by atoms with Crippen LogP contribution in [0.2, 0.25) is 0 Å². The molecular formula is C9H7N5O. The molecule has 3 aromatic heterocycles. The van der Waals surface area contributed by atoms with Crippen molar-refractivity contribution < 1.29 is 4.52 Å². The molecule has 3 rings (SSSR count). The monoisotopic (exact) mass is 201 g/mol. The number of fused-ring (bicyclic) bond motifs is 1. The second-order valence-corrected chi connectivity index (χ2v) is 3.06. The Morgan fingerprint density at radius 2 is 2.27 bits per heavy atom. The van der Waals surface area contributed by atoms with E-state index in [0.29, 0.717) is 5.69 Å². The average Bonchev–Trinajstić information content (AvgIpc) is 2.83. The van der Waals surface area contributed by atoms with Gasteiger partial charge in [-0.2, -0.15) is 0 Å². The Hall–Kier alpha value is -2.37. The zero-order valence-corrected chi connectivity index (χ0v) is 7.66. The summed E-state index contributed by atoms with van der Waals surface area (Å²) in [6, 6.07) is 1.66. The highest BCUT2D eigenvalue weighted by Crippen LogP contribution is 2.20. The predicted octanol–water partition coefficient (Wildman–Crippen LogP) is 0.966. The fourth-order valence-electron chi connectivity index (χ4n) is 1.44. The van der Waals surface area contributed by atoms with Crippen molar-refractivity contribution >= 4 is 11.5 Å². The van der Waals surface area contributed by atoms with Crippen LogP contribution in [0.1, 0.15) is 0 Å². The molecule has 0 saturated heterocycles. The first kappa shape index (κ1) is 7.98. The highest BCUT2D eigenvalue weighted by molar-refractivity contribution is 5.60. The van der Waals surface area contributed by atoms with Gasteiger partial charge in [0.05, 0.1) is 18.1 Å². The molecule has 0 saturated carbocycles. The molecule has 0 aliphatic heterocycles. The lowest BCUT2D eigenvalue weighted by atomic mass is 10.3. The number of anilines is 1. The number of hydrogen-bond donors (Lipinski definition) is 1. The van der Waals surface area contributed by atoms with E-state index in [9.17, 15) is 0 Å². The maximum atomic E-state index is 5.46. The van der Waals surface area contributed by atoms with Crippen LogP contribution in [0.25, 0.3) is 17.0 Å². The van der Waals surface area contributed by atoms with Gasteiger partial charge in [-0.1, -0.05) is 5.16 Å². The number of nitrogen functional groups attached to an aromatic ring is 1. The lowest BCUT2D eigenvalue weighted by molar-refractivity contribution is 0.439. The van der Waals surface area contributed by atoms with E-state index < -0.39 is 0 Å². The summed E-state index contributed by atoms with van der Waals surface area (Å²) in [5, 5.41) is 3.83. The first-order chi connectivity index (χ1) is 7.34. The zero-order chi connectivity index (χ0) is 10.3. The van der Waals surface area contributed by atoms with Gasteiger partial charge in [0.2, 0.25) is 5.88 Å².